The largest absolute Gasteiger partial charge is 0.477 e. The van der Waals surface area contributed by atoms with Gasteiger partial charge in [0.2, 0.25) is 0 Å². The lowest BCUT2D eigenvalue weighted by atomic mass is 9.81. The van der Waals surface area contributed by atoms with E-state index in [4.69, 9.17) is 5.11 Å². The smallest absolute Gasteiger partial charge is 0.353 e. The number of rotatable bonds is 3. The third-order valence-corrected chi connectivity index (χ3v) is 4.82. The number of nitrogens with zero attached hydrogens (tertiary/aromatic N) is 3. The first kappa shape index (κ1) is 13.7. The summed E-state index contributed by atoms with van der Waals surface area (Å²) in [4.78, 5) is 15.1. The van der Waals surface area contributed by atoms with Crippen LogP contribution < -0.4 is 4.78 Å². The molecule has 0 saturated heterocycles. The molecule has 0 saturated carbocycles. The van der Waals surface area contributed by atoms with Gasteiger partial charge in [-0.2, -0.15) is 8.42 Å². The van der Waals surface area contributed by atoms with Gasteiger partial charge in [-0.1, -0.05) is 6.82 Å². The van der Waals surface area contributed by atoms with E-state index in [-0.39, 0.29) is 11.4 Å². The molecule has 0 atom stereocenters. The molecular formula is C9H9BN3O4S2. The molecule has 1 aromatic heterocycles. The molecule has 99 valence electrons. The van der Waals surface area contributed by atoms with E-state index in [1.165, 1.54) is 17.4 Å². The predicted molar refractivity (Wildman–Crippen MR) is 72.3 cm³/mol. The van der Waals surface area contributed by atoms with Gasteiger partial charge in [0.15, 0.2) is 7.28 Å². The lowest BCUT2D eigenvalue weighted by molar-refractivity contribution is -0.133. The molecule has 0 fully saturated rings. The Bertz CT molecular complexity index is 692. The molecule has 7 nitrogen and oxygen atoms in total. The Morgan fingerprint density at radius 3 is 2.74 bits per heavy atom. The molecule has 2 rings (SSSR count). The van der Waals surface area contributed by atoms with Crippen molar-refractivity contribution in [3.05, 3.63) is 23.0 Å². The summed E-state index contributed by atoms with van der Waals surface area (Å²) in [5.74, 6) is -1.34. The van der Waals surface area contributed by atoms with Gasteiger partial charge in [0.1, 0.15) is 16.4 Å². The molecule has 1 aromatic rings. The lowest BCUT2D eigenvalue weighted by Crippen LogP contribution is -2.33. The van der Waals surface area contributed by atoms with E-state index >= 15 is 0 Å². The summed E-state index contributed by atoms with van der Waals surface area (Å²) in [5, 5.41) is 9.37. The summed E-state index contributed by atoms with van der Waals surface area (Å²) in [6.45, 7) is 1.82. The van der Waals surface area contributed by atoms with Crippen LogP contribution in [-0.2, 0) is 15.0 Å². The SMILES string of the molecule is C[B]c1cnc(C2=NS(=O)(=O)N(C)C(C(=O)O)=C2)s1. The maximum Gasteiger partial charge on any atom is 0.353 e. The van der Waals surface area contributed by atoms with E-state index in [1.54, 1.807) is 6.20 Å². The maximum atomic E-state index is 11.8. The van der Waals surface area contributed by atoms with Crippen molar-refractivity contribution in [3.63, 3.8) is 0 Å². The van der Waals surface area contributed by atoms with E-state index in [9.17, 15) is 13.2 Å². The molecule has 0 bridgehead atoms. The second-order valence-electron chi connectivity index (χ2n) is 3.61. The van der Waals surface area contributed by atoms with Crippen molar-refractivity contribution in [1.82, 2.24) is 9.29 Å². The number of carbonyl (C=O) groups is 1. The molecule has 0 spiro atoms. The number of carboxylic acids is 1. The first-order valence-electron chi connectivity index (χ1n) is 5.14. The average Bonchev–Trinajstić information content (AvgIpc) is 2.80. The third-order valence-electron chi connectivity index (χ3n) is 2.42. The van der Waals surface area contributed by atoms with Crippen molar-refractivity contribution >= 4 is 45.3 Å². The van der Waals surface area contributed by atoms with Crippen molar-refractivity contribution in [1.29, 1.82) is 0 Å². The summed E-state index contributed by atoms with van der Waals surface area (Å²) < 4.78 is 28.5. The van der Waals surface area contributed by atoms with Gasteiger partial charge >= 0.3 is 16.2 Å². The number of aliphatic carboxylic acids is 1. The van der Waals surface area contributed by atoms with Crippen LogP contribution in [0.4, 0.5) is 0 Å². The molecule has 0 aliphatic carbocycles. The van der Waals surface area contributed by atoms with Crippen LogP contribution in [0.2, 0.25) is 6.82 Å². The van der Waals surface area contributed by atoms with Gasteiger partial charge in [-0.05, 0) is 10.9 Å². The zero-order valence-electron chi connectivity index (χ0n) is 10.1. The van der Waals surface area contributed by atoms with Gasteiger partial charge < -0.3 is 5.11 Å². The molecule has 19 heavy (non-hydrogen) atoms. The average molecular weight is 298 g/mol. The predicted octanol–water partition coefficient (Wildman–Crippen LogP) is -0.531. The van der Waals surface area contributed by atoms with E-state index in [1.807, 2.05) is 14.1 Å². The number of hydrogen-bond acceptors (Lipinski definition) is 5. The van der Waals surface area contributed by atoms with Crippen molar-refractivity contribution in [2.75, 3.05) is 7.05 Å². The molecule has 1 radical (unpaired) electrons. The maximum absolute atomic E-state index is 11.8. The highest BCUT2D eigenvalue weighted by atomic mass is 32.2. The second-order valence-corrected chi connectivity index (χ2v) is 6.30. The highest BCUT2D eigenvalue weighted by Gasteiger charge is 2.30. The summed E-state index contributed by atoms with van der Waals surface area (Å²) in [7, 11) is -1.07. The normalized spacial score (nSPS) is 17.7. The van der Waals surface area contributed by atoms with E-state index in [0.29, 0.717) is 9.31 Å². The van der Waals surface area contributed by atoms with Crippen molar-refractivity contribution in [3.8, 4) is 0 Å². The fraction of sp³-hybridized carbons (Fsp3) is 0.222. The quantitative estimate of drug-likeness (QED) is 0.756. The Labute approximate surface area is 114 Å². The van der Waals surface area contributed by atoms with Gasteiger partial charge in [0.25, 0.3) is 0 Å². The van der Waals surface area contributed by atoms with Crippen LogP contribution in [0.25, 0.3) is 0 Å². The highest BCUT2D eigenvalue weighted by Crippen LogP contribution is 2.19. The Morgan fingerprint density at radius 2 is 2.21 bits per heavy atom. The molecule has 0 unspecified atom stereocenters. The number of likely N-dealkylation sites (N-methyl/N-ethyl adjacent to an activating group) is 1. The molecular weight excluding hydrogens is 289 g/mol. The molecule has 10 heteroatoms. The van der Waals surface area contributed by atoms with E-state index in [2.05, 4.69) is 9.38 Å². The van der Waals surface area contributed by atoms with Gasteiger partial charge in [0, 0.05) is 13.2 Å². The third kappa shape index (κ3) is 2.54. The van der Waals surface area contributed by atoms with Crippen LogP contribution in [0.3, 0.4) is 0 Å². The van der Waals surface area contributed by atoms with Crippen LogP contribution >= 0.6 is 11.3 Å². The number of aromatic nitrogens is 1. The van der Waals surface area contributed by atoms with Gasteiger partial charge in [-0.3, -0.25) is 0 Å². The minimum Gasteiger partial charge on any atom is -0.477 e. The van der Waals surface area contributed by atoms with E-state index < -0.39 is 16.2 Å². The fourth-order valence-electron chi connectivity index (χ4n) is 1.39. The van der Waals surface area contributed by atoms with Crippen molar-refractivity contribution in [2.45, 2.75) is 6.82 Å². The molecule has 0 aromatic carbocycles. The standard InChI is InChI=1S/C9H9BN3O4S2/c1-10-7-4-11-8(18-7)5-3-6(9(14)15)13(2)19(16,17)12-5/h3-4H,1-2H3,(H,14,15). The van der Waals surface area contributed by atoms with Crippen LogP contribution in [-0.4, -0.2) is 48.8 Å². The topological polar surface area (TPSA) is 99.9 Å². The number of allylic oxidation sites excluding steroid dienone is 1. The monoisotopic (exact) mass is 298 g/mol. The molecule has 1 aliphatic rings. The number of thiazole rings is 1. The lowest BCUT2D eigenvalue weighted by Gasteiger charge is -2.20. The van der Waals surface area contributed by atoms with Crippen LogP contribution in [0.15, 0.2) is 22.4 Å². The van der Waals surface area contributed by atoms with Gasteiger partial charge in [-0.25, -0.2) is 14.1 Å². The van der Waals surface area contributed by atoms with Crippen molar-refractivity contribution in [2.24, 2.45) is 4.40 Å². The summed E-state index contributed by atoms with van der Waals surface area (Å²) >= 11 is 1.24. The molecule has 1 aliphatic heterocycles. The van der Waals surface area contributed by atoms with Crippen LogP contribution in [0.5, 0.6) is 0 Å². The van der Waals surface area contributed by atoms with Gasteiger partial charge in [0.05, 0.1) is 0 Å². The second kappa shape index (κ2) is 4.78. The van der Waals surface area contributed by atoms with Gasteiger partial charge in [-0.15, -0.1) is 15.7 Å². The summed E-state index contributed by atoms with van der Waals surface area (Å²) in [5.41, 5.74) is -0.323. The van der Waals surface area contributed by atoms with Crippen LogP contribution in [0.1, 0.15) is 5.01 Å². The zero-order chi connectivity index (χ0) is 14.2. The minimum atomic E-state index is -4.02. The fourth-order valence-corrected chi connectivity index (χ4v) is 3.10. The number of carboxylic acid groups (broad SMARTS) is 1. The Morgan fingerprint density at radius 1 is 1.53 bits per heavy atom. The van der Waals surface area contributed by atoms with E-state index in [0.717, 1.165) is 11.8 Å². The summed E-state index contributed by atoms with van der Waals surface area (Å²) in [6, 6.07) is 0. The van der Waals surface area contributed by atoms with Crippen LogP contribution in [0, 0.1) is 0 Å². The van der Waals surface area contributed by atoms with Crippen molar-refractivity contribution < 1.29 is 18.3 Å². The molecule has 0 amide bonds. The Kier molecular flexibility index (Phi) is 3.46. The first-order valence-corrected chi connectivity index (χ1v) is 7.36. The molecule has 1 N–H and O–H groups in total. The highest BCUT2D eigenvalue weighted by molar-refractivity contribution is 7.88. The number of hydrogen-bond donors (Lipinski definition) is 1. The Balaban J connectivity index is 2.53. The zero-order valence-corrected chi connectivity index (χ0v) is 11.7. The molecule has 2 heterocycles. The first-order chi connectivity index (χ1) is 8.85. The Hall–Kier alpha value is -1.68. The minimum absolute atomic E-state index is 0.0357. The summed E-state index contributed by atoms with van der Waals surface area (Å²) in [6.07, 6.45) is 2.77.